The van der Waals surface area contributed by atoms with E-state index in [2.05, 4.69) is 60.8 Å². The first-order valence-electron chi connectivity index (χ1n) is 6.09. The zero-order valence-corrected chi connectivity index (χ0v) is 11.1. The third-order valence-electron chi connectivity index (χ3n) is 2.84. The Morgan fingerprint density at radius 2 is 1.67 bits per heavy atom. The fraction of sp³-hybridized carbons (Fsp3) is 0.188. The molecule has 0 saturated carbocycles. The van der Waals surface area contributed by atoms with Crippen molar-refractivity contribution >= 4 is 11.4 Å². The topological polar surface area (TPSA) is 24.4 Å². The minimum Gasteiger partial charge on any atom is -0.278 e. The number of benzene rings is 2. The maximum Gasteiger partial charge on any atom is 0.0648 e. The van der Waals surface area contributed by atoms with Gasteiger partial charge < -0.3 is 0 Å². The molecule has 0 spiro atoms. The van der Waals surface area contributed by atoms with Gasteiger partial charge in [0.2, 0.25) is 0 Å². The highest BCUT2D eigenvalue weighted by molar-refractivity contribution is 5.99. The molecule has 0 unspecified atom stereocenters. The normalized spacial score (nSPS) is 11.4. The van der Waals surface area contributed by atoms with Crippen LogP contribution in [-0.2, 0) is 0 Å². The summed E-state index contributed by atoms with van der Waals surface area (Å²) in [7, 11) is 0. The van der Waals surface area contributed by atoms with Gasteiger partial charge in [0.25, 0.3) is 0 Å². The monoisotopic (exact) mass is 238 g/mol. The molecular weight excluding hydrogens is 220 g/mol. The highest BCUT2D eigenvalue weighted by Gasteiger charge is 1.97. The molecule has 0 amide bonds. The minimum absolute atomic E-state index is 0.983. The molecular formula is C16H18N2. The molecule has 1 N–H and O–H groups in total. The molecule has 2 aromatic carbocycles. The molecule has 0 fully saturated rings. The molecule has 0 aliphatic carbocycles. The SMILES string of the molecule is C/C(=N/Nc1cccc(C)c1)c1ccc(C)cc1. The van der Waals surface area contributed by atoms with Gasteiger partial charge in [0, 0.05) is 0 Å². The van der Waals surface area contributed by atoms with Gasteiger partial charge in [0.15, 0.2) is 0 Å². The molecule has 2 rings (SSSR count). The number of hydrogen-bond acceptors (Lipinski definition) is 2. The molecule has 2 aromatic rings. The molecule has 92 valence electrons. The van der Waals surface area contributed by atoms with Crippen LogP contribution in [0.4, 0.5) is 5.69 Å². The van der Waals surface area contributed by atoms with Crippen molar-refractivity contribution < 1.29 is 0 Å². The Morgan fingerprint density at radius 1 is 0.944 bits per heavy atom. The predicted molar refractivity (Wildman–Crippen MR) is 78.2 cm³/mol. The van der Waals surface area contributed by atoms with Gasteiger partial charge in [-0.1, -0.05) is 42.0 Å². The molecule has 0 aliphatic heterocycles. The quantitative estimate of drug-likeness (QED) is 0.630. The summed E-state index contributed by atoms with van der Waals surface area (Å²) < 4.78 is 0. The Hall–Kier alpha value is -2.09. The van der Waals surface area contributed by atoms with E-state index in [4.69, 9.17) is 0 Å². The Labute approximate surface area is 108 Å². The Bertz CT molecular complexity index is 554. The van der Waals surface area contributed by atoms with Crippen LogP contribution in [0, 0.1) is 13.8 Å². The van der Waals surface area contributed by atoms with Crippen molar-refractivity contribution in [2.24, 2.45) is 5.10 Å². The summed E-state index contributed by atoms with van der Waals surface area (Å²) in [6, 6.07) is 16.6. The summed E-state index contributed by atoms with van der Waals surface area (Å²) in [6.45, 7) is 6.16. The zero-order chi connectivity index (χ0) is 13.0. The average Bonchev–Trinajstić information content (AvgIpc) is 2.37. The van der Waals surface area contributed by atoms with Crippen molar-refractivity contribution in [2.75, 3.05) is 5.43 Å². The van der Waals surface area contributed by atoms with Crippen LogP contribution in [-0.4, -0.2) is 5.71 Å². The fourth-order valence-corrected chi connectivity index (χ4v) is 1.72. The van der Waals surface area contributed by atoms with Crippen LogP contribution in [0.1, 0.15) is 23.6 Å². The number of aryl methyl sites for hydroxylation is 2. The van der Waals surface area contributed by atoms with E-state index in [0.29, 0.717) is 0 Å². The van der Waals surface area contributed by atoms with Crippen molar-refractivity contribution in [3.63, 3.8) is 0 Å². The van der Waals surface area contributed by atoms with E-state index >= 15 is 0 Å². The van der Waals surface area contributed by atoms with Gasteiger partial charge in [-0.05, 0) is 44.0 Å². The predicted octanol–water partition coefficient (Wildman–Crippen LogP) is 4.14. The van der Waals surface area contributed by atoms with E-state index in [1.54, 1.807) is 0 Å². The summed E-state index contributed by atoms with van der Waals surface area (Å²) in [4.78, 5) is 0. The first-order chi connectivity index (χ1) is 8.65. The van der Waals surface area contributed by atoms with Gasteiger partial charge >= 0.3 is 0 Å². The largest absolute Gasteiger partial charge is 0.278 e. The number of nitrogens with one attached hydrogen (secondary N) is 1. The smallest absolute Gasteiger partial charge is 0.0648 e. The van der Waals surface area contributed by atoms with Crippen LogP contribution in [0.2, 0.25) is 0 Å². The number of anilines is 1. The molecule has 18 heavy (non-hydrogen) atoms. The summed E-state index contributed by atoms with van der Waals surface area (Å²) in [6.07, 6.45) is 0. The van der Waals surface area contributed by atoms with E-state index in [1.807, 2.05) is 19.1 Å². The van der Waals surface area contributed by atoms with Gasteiger partial charge in [0.1, 0.15) is 0 Å². The molecule has 0 saturated heterocycles. The van der Waals surface area contributed by atoms with E-state index in [0.717, 1.165) is 17.0 Å². The molecule has 0 atom stereocenters. The van der Waals surface area contributed by atoms with Crippen LogP contribution in [0.15, 0.2) is 53.6 Å². The molecule has 0 bridgehead atoms. The van der Waals surface area contributed by atoms with Crippen LogP contribution in [0.25, 0.3) is 0 Å². The molecule has 0 aliphatic rings. The van der Waals surface area contributed by atoms with Gasteiger partial charge in [-0.15, -0.1) is 0 Å². The Balaban J connectivity index is 2.11. The maximum absolute atomic E-state index is 4.40. The Kier molecular flexibility index (Phi) is 3.78. The molecule has 2 nitrogen and oxygen atoms in total. The second kappa shape index (κ2) is 5.50. The van der Waals surface area contributed by atoms with Crippen LogP contribution >= 0.6 is 0 Å². The lowest BCUT2D eigenvalue weighted by Crippen LogP contribution is -1.99. The molecule has 0 heterocycles. The zero-order valence-electron chi connectivity index (χ0n) is 11.1. The molecule has 0 aromatic heterocycles. The standard InChI is InChI=1S/C16H18N2/c1-12-7-9-15(10-8-12)14(3)17-18-16-6-4-5-13(2)11-16/h4-11,18H,1-3H3/b17-14-. The highest BCUT2D eigenvalue weighted by atomic mass is 15.3. The lowest BCUT2D eigenvalue weighted by Gasteiger charge is -2.04. The van der Waals surface area contributed by atoms with Crippen LogP contribution in [0.3, 0.4) is 0 Å². The van der Waals surface area contributed by atoms with Crippen molar-refractivity contribution in [2.45, 2.75) is 20.8 Å². The van der Waals surface area contributed by atoms with Crippen molar-refractivity contribution in [3.05, 3.63) is 65.2 Å². The van der Waals surface area contributed by atoms with Gasteiger partial charge in [-0.2, -0.15) is 5.10 Å². The van der Waals surface area contributed by atoms with Crippen molar-refractivity contribution in [3.8, 4) is 0 Å². The van der Waals surface area contributed by atoms with Crippen LogP contribution < -0.4 is 5.43 Å². The number of hydrazone groups is 1. The first kappa shape index (κ1) is 12.4. The molecule has 0 radical (unpaired) electrons. The van der Waals surface area contributed by atoms with E-state index < -0.39 is 0 Å². The summed E-state index contributed by atoms with van der Waals surface area (Å²) in [5, 5.41) is 4.40. The highest BCUT2D eigenvalue weighted by Crippen LogP contribution is 2.10. The van der Waals surface area contributed by atoms with E-state index in [1.165, 1.54) is 11.1 Å². The van der Waals surface area contributed by atoms with Gasteiger partial charge in [-0.3, -0.25) is 5.43 Å². The number of hydrogen-bond donors (Lipinski definition) is 1. The fourth-order valence-electron chi connectivity index (χ4n) is 1.72. The third-order valence-corrected chi connectivity index (χ3v) is 2.84. The second-order valence-electron chi connectivity index (χ2n) is 4.54. The second-order valence-corrected chi connectivity index (χ2v) is 4.54. The van der Waals surface area contributed by atoms with Crippen molar-refractivity contribution in [1.29, 1.82) is 0 Å². The van der Waals surface area contributed by atoms with Gasteiger partial charge in [-0.25, -0.2) is 0 Å². The summed E-state index contributed by atoms with van der Waals surface area (Å²) in [5.74, 6) is 0. The third kappa shape index (κ3) is 3.20. The number of nitrogens with zero attached hydrogens (tertiary/aromatic N) is 1. The van der Waals surface area contributed by atoms with Crippen molar-refractivity contribution in [1.82, 2.24) is 0 Å². The first-order valence-corrected chi connectivity index (χ1v) is 6.09. The summed E-state index contributed by atoms with van der Waals surface area (Å²) in [5.41, 5.74) is 8.71. The lowest BCUT2D eigenvalue weighted by molar-refractivity contribution is 1.30. The van der Waals surface area contributed by atoms with Gasteiger partial charge in [0.05, 0.1) is 11.4 Å². The van der Waals surface area contributed by atoms with E-state index in [-0.39, 0.29) is 0 Å². The maximum atomic E-state index is 4.40. The summed E-state index contributed by atoms with van der Waals surface area (Å²) >= 11 is 0. The lowest BCUT2D eigenvalue weighted by atomic mass is 10.1. The number of rotatable bonds is 3. The Morgan fingerprint density at radius 3 is 2.33 bits per heavy atom. The molecule has 2 heteroatoms. The minimum atomic E-state index is 0.983. The average molecular weight is 238 g/mol. The van der Waals surface area contributed by atoms with E-state index in [9.17, 15) is 0 Å². The van der Waals surface area contributed by atoms with Crippen LogP contribution in [0.5, 0.6) is 0 Å².